The number of benzene rings is 2. The molecule has 0 saturated heterocycles. The maximum absolute atomic E-state index is 12.2. The number of halogens is 1. The number of pyridine rings is 1. The van der Waals surface area contributed by atoms with Crippen LogP contribution < -0.4 is 10.6 Å². The van der Waals surface area contributed by atoms with Gasteiger partial charge in [0.15, 0.2) is 10.7 Å². The predicted molar refractivity (Wildman–Crippen MR) is 115 cm³/mol. The highest BCUT2D eigenvalue weighted by Gasteiger charge is 2.11. The lowest BCUT2D eigenvalue weighted by atomic mass is 10.2. The van der Waals surface area contributed by atoms with Crippen LogP contribution in [-0.4, -0.2) is 21.0 Å². The highest BCUT2D eigenvalue weighted by atomic mass is 79.9. The van der Waals surface area contributed by atoms with E-state index in [4.69, 9.17) is 16.6 Å². The Morgan fingerprint density at radius 3 is 2.68 bits per heavy atom. The first-order valence-electron chi connectivity index (χ1n) is 8.27. The minimum absolute atomic E-state index is 0.197. The third-order valence-electron chi connectivity index (χ3n) is 3.89. The van der Waals surface area contributed by atoms with Crippen molar-refractivity contribution in [2.24, 2.45) is 0 Å². The van der Waals surface area contributed by atoms with Crippen molar-refractivity contribution in [3.63, 3.8) is 0 Å². The smallest absolute Gasteiger partial charge is 0.257 e. The zero-order chi connectivity index (χ0) is 19.5. The summed E-state index contributed by atoms with van der Waals surface area (Å²) in [5, 5.41) is 5.85. The molecule has 138 valence electrons. The van der Waals surface area contributed by atoms with E-state index in [-0.39, 0.29) is 11.0 Å². The van der Waals surface area contributed by atoms with Crippen molar-refractivity contribution in [2.45, 2.75) is 0 Å². The molecule has 0 saturated carbocycles. The van der Waals surface area contributed by atoms with Gasteiger partial charge in [-0.15, -0.1) is 0 Å². The van der Waals surface area contributed by atoms with Crippen molar-refractivity contribution in [1.29, 1.82) is 0 Å². The van der Waals surface area contributed by atoms with Crippen LogP contribution in [0.15, 0.2) is 75.9 Å². The summed E-state index contributed by atoms with van der Waals surface area (Å²) in [6.45, 7) is 0. The van der Waals surface area contributed by atoms with Crippen molar-refractivity contribution in [3.05, 3.63) is 77.0 Å². The number of thiocarbonyl (C=S) groups is 1. The van der Waals surface area contributed by atoms with E-state index < -0.39 is 0 Å². The van der Waals surface area contributed by atoms with Gasteiger partial charge >= 0.3 is 0 Å². The summed E-state index contributed by atoms with van der Waals surface area (Å²) >= 11 is 8.58. The molecule has 2 aromatic heterocycles. The van der Waals surface area contributed by atoms with Crippen LogP contribution in [0, 0.1) is 0 Å². The second kappa shape index (κ2) is 7.87. The lowest BCUT2D eigenvalue weighted by Crippen LogP contribution is -2.34. The molecular formula is C20H13BrN4O2S. The van der Waals surface area contributed by atoms with E-state index in [0.717, 1.165) is 10.0 Å². The minimum Gasteiger partial charge on any atom is -0.436 e. The first-order valence-corrected chi connectivity index (χ1v) is 9.47. The third-order valence-corrected chi connectivity index (χ3v) is 4.62. The molecule has 0 spiro atoms. The molecule has 0 radical (unpaired) electrons. The average Bonchev–Trinajstić information content (AvgIpc) is 3.12. The number of amides is 1. The van der Waals surface area contributed by atoms with Crippen molar-refractivity contribution < 1.29 is 9.21 Å². The van der Waals surface area contributed by atoms with Crippen LogP contribution in [0.4, 0.5) is 5.69 Å². The first-order chi connectivity index (χ1) is 13.6. The fourth-order valence-corrected chi connectivity index (χ4v) is 3.03. The van der Waals surface area contributed by atoms with Crippen molar-refractivity contribution in [2.75, 3.05) is 5.32 Å². The van der Waals surface area contributed by atoms with Gasteiger partial charge in [0.2, 0.25) is 5.89 Å². The molecule has 2 heterocycles. The molecule has 0 atom stereocenters. The number of rotatable bonds is 3. The summed E-state index contributed by atoms with van der Waals surface area (Å²) in [5.74, 6) is 0.206. The maximum atomic E-state index is 12.2. The number of fused-ring (bicyclic) bond motifs is 1. The largest absolute Gasteiger partial charge is 0.436 e. The number of carbonyl (C=O) groups is 1. The van der Waals surface area contributed by atoms with Gasteiger partial charge in [0.05, 0.1) is 5.56 Å². The number of hydrogen-bond acceptors (Lipinski definition) is 5. The molecule has 2 aromatic carbocycles. The van der Waals surface area contributed by atoms with E-state index in [1.54, 1.807) is 54.9 Å². The summed E-state index contributed by atoms with van der Waals surface area (Å²) in [4.78, 5) is 20.8. The minimum atomic E-state index is -0.286. The molecule has 0 aliphatic rings. The topological polar surface area (TPSA) is 80.0 Å². The van der Waals surface area contributed by atoms with Gasteiger partial charge in [0, 0.05) is 28.1 Å². The summed E-state index contributed by atoms with van der Waals surface area (Å²) in [5.41, 5.74) is 3.32. The molecule has 0 aliphatic carbocycles. The van der Waals surface area contributed by atoms with E-state index in [0.29, 0.717) is 28.2 Å². The molecule has 8 heteroatoms. The molecular weight excluding hydrogens is 440 g/mol. The number of carbonyl (C=O) groups excluding carboxylic acids is 1. The molecule has 6 nitrogen and oxygen atoms in total. The van der Waals surface area contributed by atoms with E-state index in [9.17, 15) is 4.79 Å². The Labute approximate surface area is 174 Å². The van der Waals surface area contributed by atoms with Gasteiger partial charge in [-0.1, -0.05) is 15.9 Å². The monoisotopic (exact) mass is 452 g/mol. The highest BCUT2D eigenvalue weighted by Crippen LogP contribution is 2.25. The molecule has 0 bridgehead atoms. The van der Waals surface area contributed by atoms with Crippen LogP contribution in [0.5, 0.6) is 0 Å². The normalized spacial score (nSPS) is 10.6. The lowest BCUT2D eigenvalue weighted by Gasteiger charge is -2.09. The number of aromatic nitrogens is 2. The lowest BCUT2D eigenvalue weighted by molar-refractivity contribution is 0.0977. The maximum Gasteiger partial charge on any atom is 0.257 e. The third kappa shape index (κ3) is 4.08. The Balaban J connectivity index is 1.47. The Morgan fingerprint density at radius 2 is 1.93 bits per heavy atom. The Kier molecular flexibility index (Phi) is 5.14. The van der Waals surface area contributed by atoms with Crippen LogP contribution >= 0.6 is 28.1 Å². The first kappa shape index (κ1) is 18.3. The number of anilines is 1. The molecule has 28 heavy (non-hydrogen) atoms. The molecule has 4 rings (SSSR count). The predicted octanol–water partition coefficient (Wildman–Crippen LogP) is 4.78. The summed E-state index contributed by atoms with van der Waals surface area (Å²) in [6.07, 6.45) is 3.38. The van der Waals surface area contributed by atoms with E-state index in [1.165, 1.54) is 0 Å². The number of nitrogens with one attached hydrogen (secondary N) is 2. The van der Waals surface area contributed by atoms with Crippen LogP contribution in [0.25, 0.3) is 22.6 Å². The number of oxazole rings is 1. The fraction of sp³-hybridized carbons (Fsp3) is 0. The van der Waals surface area contributed by atoms with Crippen LogP contribution in [-0.2, 0) is 0 Å². The number of hydrogen-bond donors (Lipinski definition) is 2. The van der Waals surface area contributed by atoms with Gasteiger partial charge in [-0.3, -0.25) is 15.1 Å². The zero-order valence-corrected chi connectivity index (χ0v) is 16.8. The fourth-order valence-electron chi connectivity index (χ4n) is 2.56. The van der Waals surface area contributed by atoms with Gasteiger partial charge in [-0.25, -0.2) is 4.98 Å². The SMILES string of the molecule is O=C(NC(=S)Nc1ccc2oc(-c3cccnc3)nc2c1)c1ccc(Br)cc1. The zero-order valence-electron chi connectivity index (χ0n) is 14.3. The molecule has 0 unspecified atom stereocenters. The van der Waals surface area contributed by atoms with Gasteiger partial charge in [0.25, 0.3) is 5.91 Å². The van der Waals surface area contributed by atoms with Crippen molar-refractivity contribution in [1.82, 2.24) is 15.3 Å². The summed E-state index contributed by atoms with van der Waals surface area (Å²) in [7, 11) is 0. The molecule has 4 aromatic rings. The summed E-state index contributed by atoms with van der Waals surface area (Å²) in [6, 6.07) is 16.1. The van der Waals surface area contributed by atoms with Crippen molar-refractivity contribution in [3.8, 4) is 11.5 Å². The van der Waals surface area contributed by atoms with Crippen LogP contribution in [0.1, 0.15) is 10.4 Å². The molecule has 1 amide bonds. The molecule has 0 fully saturated rings. The Hall–Kier alpha value is -3.10. The molecule has 0 aliphatic heterocycles. The van der Waals surface area contributed by atoms with Crippen molar-refractivity contribution >= 4 is 56.0 Å². The van der Waals surface area contributed by atoms with Gasteiger partial charge in [-0.05, 0) is 66.8 Å². The average molecular weight is 453 g/mol. The van der Waals surface area contributed by atoms with Gasteiger partial charge in [-0.2, -0.15) is 0 Å². The van der Waals surface area contributed by atoms with Crippen LogP contribution in [0.3, 0.4) is 0 Å². The summed E-state index contributed by atoms with van der Waals surface area (Å²) < 4.78 is 6.66. The van der Waals surface area contributed by atoms with Gasteiger partial charge in [0.1, 0.15) is 5.52 Å². The van der Waals surface area contributed by atoms with Gasteiger partial charge < -0.3 is 9.73 Å². The second-order valence-corrected chi connectivity index (χ2v) is 7.18. The quantitative estimate of drug-likeness (QED) is 0.435. The Morgan fingerprint density at radius 1 is 1.11 bits per heavy atom. The number of nitrogens with zero attached hydrogens (tertiary/aromatic N) is 2. The van der Waals surface area contributed by atoms with Crippen LogP contribution in [0.2, 0.25) is 0 Å². The van der Waals surface area contributed by atoms with E-state index >= 15 is 0 Å². The Bertz CT molecular complexity index is 1160. The molecule has 2 N–H and O–H groups in total. The highest BCUT2D eigenvalue weighted by molar-refractivity contribution is 9.10. The van der Waals surface area contributed by atoms with E-state index in [2.05, 4.69) is 36.5 Å². The van der Waals surface area contributed by atoms with E-state index in [1.807, 2.05) is 12.1 Å². The standard InChI is InChI=1S/C20H13BrN4O2S/c21-14-5-3-12(4-6-14)18(26)25-20(28)23-15-7-8-17-16(10-15)24-19(27-17)13-2-1-9-22-11-13/h1-11H,(H2,23,25,26,28). The second-order valence-electron chi connectivity index (χ2n) is 5.86.